The Balaban J connectivity index is 1.14. The Hall–Kier alpha value is -4.05. The molecule has 0 N–H and O–H groups in total. The number of para-hydroxylation sites is 2. The van der Waals surface area contributed by atoms with Crippen LogP contribution in [-0.4, -0.2) is 72.6 Å². The lowest BCUT2D eigenvalue weighted by Crippen LogP contribution is -2.42. The molecule has 0 bridgehead atoms. The SMILES string of the molecule is O=C(COc1ccc2c(c1)CCn1c-2cc(OCC2COc3ccccc3O2)nc1=O)N1CCOCC1. The van der Waals surface area contributed by atoms with Gasteiger partial charge in [-0.2, -0.15) is 4.98 Å². The van der Waals surface area contributed by atoms with Crippen molar-refractivity contribution in [3.05, 3.63) is 64.6 Å². The van der Waals surface area contributed by atoms with Crippen LogP contribution in [0.2, 0.25) is 0 Å². The molecule has 0 aliphatic carbocycles. The summed E-state index contributed by atoms with van der Waals surface area (Å²) in [5.74, 6) is 2.18. The molecule has 10 heteroatoms. The lowest BCUT2D eigenvalue weighted by Gasteiger charge is -2.27. The Labute approximate surface area is 213 Å². The van der Waals surface area contributed by atoms with Gasteiger partial charge in [-0.15, -0.1) is 0 Å². The first-order valence-corrected chi connectivity index (χ1v) is 12.4. The van der Waals surface area contributed by atoms with E-state index in [2.05, 4.69) is 4.98 Å². The van der Waals surface area contributed by atoms with E-state index in [0.717, 1.165) is 16.8 Å². The maximum absolute atomic E-state index is 12.7. The fourth-order valence-corrected chi connectivity index (χ4v) is 4.72. The molecule has 10 nitrogen and oxygen atoms in total. The first-order chi connectivity index (χ1) is 18.1. The molecule has 0 radical (unpaired) electrons. The van der Waals surface area contributed by atoms with Crippen LogP contribution < -0.4 is 24.6 Å². The average Bonchev–Trinajstić information content (AvgIpc) is 2.95. The number of amides is 1. The van der Waals surface area contributed by atoms with Crippen molar-refractivity contribution in [2.24, 2.45) is 0 Å². The van der Waals surface area contributed by atoms with Gasteiger partial charge in [0.15, 0.2) is 24.2 Å². The van der Waals surface area contributed by atoms with E-state index in [1.807, 2.05) is 42.5 Å². The molecule has 4 heterocycles. The second-order valence-corrected chi connectivity index (χ2v) is 9.07. The molecule has 0 spiro atoms. The van der Waals surface area contributed by atoms with E-state index in [1.54, 1.807) is 15.5 Å². The second-order valence-electron chi connectivity index (χ2n) is 9.07. The predicted octanol–water partition coefficient (Wildman–Crippen LogP) is 1.92. The largest absolute Gasteiger partial charge is 0.486 e. The summed E-state index contributed by atoms with van der Waals surface area (Å²) in [5, 5.41) is 0. The van der Waals surface area contributed by atoms with Gasteiger partial charge < -0.3 is 28.6 Å². The van der Waals surface area contributed by atoms with Crippen molar-refractivity contribution in [2.45, 2.75) is 19.1 Å². The van der Waals surface area contributed by atoms with Crippen LogP contribution in [0, 0.1) is 0 Å². The van der Waals surface area contributed by atoms with E-state index in [1.165, 1.54) is 0 Å². The van der Waals surface area contributed by atoms with Crippen molar-refractivity contribution >= 4 is 5.91 Å². The number of nitrogens with zero attached hydrogens (tertiary/aromatic N) is 3. The van der Waals surface area contributed by atoms with Gasteiger partial charge in [-0.1, -0.05) is 12.1 Å². The molecule has 1 atom stereocenters. The molecule has 37 heavy (non-hydrogen) atoms. The van der Waals surface area contributed by atoms with Crippen LogP contribution in [-0.2, 0) is 22.5 Å². The zero-order chi connectivity index (χ0) is 25.2. The van der Waals surface area contributed by atoms with Gasteiger partial charge in [0.25, 0.3) is 5.91 Å². The highest BCUT2D eigenvalue weighted by Gasteiger charge is 2.24. The van der Waals surface area contributed by atoms with E-state index >= 15 is 0 Å². The predicted molar refractivity (Wildman–Crippen MR) is 132 cm³/mol. The molecule has 0 saturated carbocycles. The Morgan fingerprint density at radius 2 is 1.86 bits per heavy atom. The minimum atomic E-state index is -0.360. The van der Waals surface area contributed by atoms with E-state index < -0.39 is 0 Å². The Kier molecular flexibility index (Phi) is 6.40. The van der Waals surface area contributed by atoms with E-state index in [-0.39, 0.29) is 36.8 Å². The number of benzene rings is 2. The molecule has 3 aliphatic heterocycles. The molecule has 1 saturated heterocycles. The van der Waals surface area contributed by atoms with E-state index in [0.29, 0.717) is 63.1 Å². The number of aryl methyl sites for hydroxylation is 1. The minimum Gasteiger partial charge on any atom is -0.486 e. The summed E-state index contributed by atoms with van der Waals surface area (Å²) >= 11 is 0. The monoisotopic (exact) mass is 505 g/mol. The molecular formula is C27H27N3O7. The molecule has 1 unspecified atom stereocenters. The van der Waals surface area contributed by atoms with Crippen molar-refractivity contribution in [2.75, 3.05) is 46.1 Å². The van der Waals surface area contributed by atoms with Gasteiger partial charge in [-0.25, -0.2) is 4.79 Å². The normalized spacial score (nSPS) is 17.9. The number of hydrogen-bond donors (Lipinski definition) is 0. The Bertz CT molecular complexity index is 1370. The third-order valence-corrected chi connectivity index (χ3v) is 6.66. The van der Waals surface area contributed by atoms with E-state index in [9.17, 15) is 9.59 Å². The number of ether oxygens (including phenoxy) is 5. The molecule has 2 aromatic carbocycles. The first-order valence-electron chi connectivity index (χ1n) is 12.4. The summed E-state index contributed by atoms with van der Waals surface area (Å²) < 4.78 is 30.3. The number of carbonyl (C=O) groups excluding carboxylic acids is 1. The Morgan fingerprint density at radius 1 is 1.03 bits per heavy atom. The van der Waals surface area contributed by atoms with Gasteiger partial charge >= 0.3 is 5.69 Å². The van der Waals surface area contributed by atoms with Crippen LogP contribution in [0.25, 0.3) is 11.3 Å². The lowest BCUT2D eigenvalue weighted by molar-refractivity contribution is -0.137. The summed E-state index contributed by atoms with van der Waals surface area (Å²) in [6.45, 7) is 3.31. The standard InChI is InChI=1S/C27H27N3O7/c31-26(29-9-11-33-12-10-29)17-34-19-5-6-21-18(13-19)7-8-30-22(21)14-25(28-27(30)32)36-16-20-15-35-23-3-1-2-4-24(23)37-20/h1-6,13-14,20H,7-12,15-17H2. The fraction of sp³-hybridized carbons (Fsp3) is 0.370. The number of hydrogen-bond acceptors (Lipinski definition) is 8. The molecule has 6 rings (SSSR count). The van der Waals surface area contributed by atoms with Gasteiger partial charge in [0.1, 0.15) is 19.0 Å². The molecule has 1 amide bonds. The minimum absolute atomic E-state index is 0.0197. The third-order valence-electron chi connectivity index (χ3n) is 6.66. The second kappa shape index (κ2) is 10.1. The summed E-state index contributed by atoms with van der Waals surface area (Å²) in [6, 6.07) is 14.9. The smallest absolute Gasteiger partial charge is 0.351 e. The van der Waals surface area contributed by atoms with Gasteiger partial charge in [-0.05, 0) is 42.3 Å². The number of aromatic nitrogens is 2. The van der Waals surface area contributed by atoms with Crippen molar-refractivity contribution in [1.29, 1.82) is 0 Å². The van der Waals surface area contributed by atoms with Crippen LogP contribution in [0.1, 0.15) is 5.56 Å². The van der Waals surface area contributed by atoms with E-state index in [4.69, 9.17) is 23.7 Å². The van der Waals surface area contributed by atoms with Crippen molar-refractivity contribution < 1.29 is 28.5 Å². The number of fused-ring (bicyclic) bond motifs is 4. The van der Waals surface area contributed by atoms with Crippen LogP contribution in [0.5, 0.6) is 23.1 Å². The lowest BCUT2D eigenvalue weighted by atomic mass is 9.97. The summed E-state index contributed by atoms with van der Waals surface area (Å²) in [7, 11) is 0. The quantitative estimate of drug-likeness (QED) is 0.501. The zero-order valence-electron chi connectivity index (χ0n) is 20.3. The summed E-state index contributed by atoms with van der Waals surface area (Å²) in [6.07, 6.45) is 0.341. The van der Waals surface area contributed by atoms with Gasteiger partial charge in [-0.3, -0.25) is 9.36 Å². The van der Waals surface area contributed by atoms with Crippen molar-refractivity contribution in [3.8, 4) is 34.4 Å². The van der Waals surface area contributed by atoms with Crippen LogP contribution >= 0.6 is 0 Å². The zero-order valence-corrected chi connectivity index (χ0v) is 20.3. The Morgan fingerprint density at radius 3 is 2.73 bits per heavy atom. The highest BCUT2D eigenvalue weighted by Crippen LogP contribution is 2.33. The topological polar surface area (TPSA) is 101 Å². The molecule has 3 aliphatic rings. The van der Waals surface area contributed by atoms with Crippen LogP contribution in [0.3, 0.4) is 0 Å². The van der Waals surface area contributed by atoms with Gasteiger partial charge in [0, 0.05) is 31.3 Å². The third kappa shape index (κ3) is 4.97. The molecule has 192 valence electrons. The first kappa shape index (κ1) is 23.4. The maximum Gasteiger partial charge on any atom is 0.351 e. The number of rotatable bonds is 6. The molecule has 3 aromatic rings. The van der Waals surface area contributed by atoms with Crippen molar-refractivity contribution in [1.82, 2.24) is 14.5 Å². The van der Waals surface area contributed by atoms with Gasteiger partial charge in [0.2, 0.25) is 5.88 Å². The highest BCUT2D eigenvalue weighted by atomic mass is 16.6. The maximum atomic E-state index is 12.7. The summed E-state index contributed by atoms with van der Waals surface area (Å²) in [4.78, 5) is 31.0. The highest BCUT2D eigenvalue weighted by molar-refractivity contribution is 5.78. The fourth-order valence-electron chi connectivity index (χ4n) is 4.72. The number of morpholine rings is 1. The van der Waals surface area contributed by atoms with Crippen LogP contribution in [0.4, 0.5) is 0 Å². The molecule has 1 aromatic heterocycles. The summed E-state index contributed by atoms with van der Waals surface area (Å²) in [5.41, 5.74) is 2.32. The molecule has 1 fully saturated rings. The van der Waals surface area contributed by atoms with Gasteiger partial charge in [0.05, 0.1) is 18.9 Å². The number of carbonyl (C=O) groups is 1. The molecular weight excluding hydrogens is 478 g/mol. The van der Waals surface area contributed by atoms with Crippen molar-refractivity contribution in [3.63, 3.8) is 0 Å². The average molecular weight is 506 g/mol. The van der Waals surface area contributed by atoms with Crippen LogP contribution in [0.15, 0.2) is 53.3 Å².